The van der Waals surface area contributed by atoms with E-state index >= 15 is 0 Å². The average Bonchev–Trinajstić information content (AvgIpc) is 1.54. The molecule has 0 saturated carbocycles. The van der Waals surface area contributed by atoms with E-state index in [9.17, 15) is 9.59 Å². The molecule has 0 aliphatic heterocycles. The molecule has 7 aromatic heterocycles. The summed E-state index contributed by atoms with van der Waals surface area (Å²) in [6.07, 6.45) is 0. The Morgan fingerprint density at radius 1 is 0.222 bits per heavy atom. The van der Waals surface area contributed by atoms with Gasteiger partial charge in [0.05, 0.1) is 65.9 Å². The fourth-order valence-electron chi connectivity index (χ4n) is 15.6. The fraction of sp³-hybridized carbons (Fsp3) is 0.0222. The van der Waals surface area contributed by atoms with Crippen molar-refractivity contribution in [2.45, 2.75) is 13.8 Å². The second kappa shape index (κ2) is 22.7. The summed E-state index contributed by atoms with van der Waals surface area (Å²) in [6.45, 7) is 4.00. The van der Waals surface area contributed by atoms with Crippen LogP contribution in [-0.4, -0.2) is 32.5 Å². The molecule has 0 bridgehead atoms. The van der Waals surface area contributed by atoms with Crippen LogP contribution in [0.15, 0.2) is 331 Å². The number of hydrogen-bond donors (Lipinski definition) is 0. The lowest BCUT2D eigenvalue weighted by molar-refractivity contribution is 1.13. The molecule has 9 heteroatoms. The van der Waals surface area contributed by atoms with Gasteiger partial charge in [-0.1, -0.05) is 220 Å². The van der Waals surface area contributed by atoms with Gasteiger partial charge in [0, 0.05) is 70.9 Å². The Morgan fingerprint density at radius 2 is 0.586 bits per heavy atom. The first-order valence-electron chi connectivity index (χ1n) is 33.7. The fourth-order valence-corrected chi connectivity index (χ4v) is 15.6. The van der Waals surface area contributed by atoms with E-state index in [1.54, 1.807) is 8.80 Å². The van der Waals surface area contributed by atoms with Crippen LogP contribution < -0.4 is 11.1 Å². The van der Waals surface area contributed by atoms with E-state index in [1.165, 1.54) is 65.6 Å². The molecule has 0 saturated heterocycles. The van der Waals surface area contributed by atoms with Crippen LogP contribution in [0.5, 0.6) is 0 Å². The van der Waals surface area contributed by atoms with Crippen LogP contribution in [0.3, 0.4) is 0 Å². The lowest BCUT2D eigenvalue weighted by Crippen LogP contribution is -2.16. The van der Waals surface area contributed by atoms with Crippen LogP contribution in [0.2, 0.25) is 0 Å². The quantitative estimate of drug-likeness (QED) is 0.127. The molecule has 0 aliphatic rings. The maximum Gasteiger partial charge on any atom is 0.266 e. The number of aromatic nitrogens is 7. The van der Waals surface area contributed by atoms with Crippen molar-refractivity contribution < 1.29 is 0 Å². The first-order chi connectivity index (χ1) is 49.0. The summed E-state index contributed by atoms with van der Waals surface area (Å²) >= 11 is 0. The van der Waals surface area contributed by atoms with Crippen LogP contribution in [0, 0.1) is 0 Å². The molecule has 466 valence electrons. The molecule has 21 aromatic rings. The molecule has 0 N–H and O–H groups in total. The highest BCUT2D eigenvalue weighted by molar-refractivity contribution is 6.24. The molecule has 21 rings (SSSR count). The van der Waals surface area contributed by atoms with Gasteiger partial charge in [-0.25, -0.2) is 9.97 Å². The number of fused-ring (bicyclic) bond motifs is 24. The van der Waals surface area contributed by atoms with Crippen molar-refractivity contribution in [2.75, 3.05) is 0 Å². The highest BCUT2D eigenvalue weighted by atomic mass is 16.1. The molecule has 7 heterocycles. The van der Waals surface area contributed by atoms with E-state index < -0.39 is 0 Å². The summed E-state index contributed by atoms with van der Waals surface area (Å²) in [7, 11) is 0. The van der Waals surface area contributed by atoms with E-state index in [1.807, 2.05) is 86.6 Å². The molecule has 14 aromatic carbocycles. The van der Waals surface area contributed by atoms with Gasteiger partial charge in [0.1, 0.15) is 11.3 Å². The Balaban J connectivity index is 0.000000135. The van der Waals surface area contributed by atoms with Crippen LogP contribution in [-0.2, 0) is 0 Å². The maximum absolute atomic E-state index is 14.0. The Labute approximate surface area is 566 Å². The number of benzene rings is 14. The number of nitrogens with zero attached hydrogens (tertiary/aromatic N) is 7. The Kier molecular flexibility index (Phi) is 13.1. The van der Waals surface area contributed by atoms with E-state index in [4.69, 9.17) is 9.97 Å². The van der Waals surface area contributed by atoms with Gasteiger partial charge < -0.3 is 13.7 Å². The molecule has 0 aliphatic carbocycles. The minimum absolute atomic E-state index is 0.0543. The first-order valence-corrected chi connectivity index (χ1v) is 33.7. The third-order valence-electron chi connectivity index (χ3n) is 19.9. The van der Waals surface area contributed by atoms with Crippen LogP contribution in [0.1, 0.15) is 13.8 Å². The summed E-state index contributed by atoms with van der Waals surface area (Å²) in [5, 5.41) is 14.5. The van der Waals surface area contributed by atoms with Crippen LogP contribution >= 0.6 is 0 Å². The molecular formula is C90H59N7O2. The van der Waals surface area contributed by atoms with Crippen molar-refractivity contribution in [1.29, 1.82) is 0 Å². The van der Waals surface area contributed by atoms with E-state index in [0.29, 0.717) is 33.1 Å². The van der Waals surface area contributed by atoms with Crippen molar-refractivity contribution in [1.82, 2.24) is 32.5 Å². The molecule has 0 radical (unpaired) electrons. The standard InChI is InChI=1S/C44H26N4O.C44H27N3O.C2H6/c49-44-35-17-4-8-18-37(35)45-43-34-23-22-28(26-36(34)31-16-7-11-21-40(31)48(43)44)47-39-20-10-6-15-30(39)33-25-24-32-29-14-5-9-19-38(29)46(41(32)42(33)47)27-12-2-1-3-13-27;48-44-36-18-6-8-19-39(36)45-43-35-17-5-4-15-33(35)38-27-32(22-24-42(38)47(43)44)46-40-20-9-7-16-34(40)37-26-31(21-23-41(37)46)30-14-10-13-29(25-30)28-11-2-1-3-12-28;1-2/h1-26H;1-27H;1-2H3. The van der Waals surface area contributed by atoms with Crippen molar-refractivity contribution in [3.05, 3.63) is 342 Å². The van der Waals surface area contributed by atoms with Crippen LogP contribution in [0.25, 0.3) is 181 Å². The predicted octanol–water partition coefficient (Wildman–Crippen LogP) is 22.0. The normalized spacial score (nSPS) is 11.8. The number of hydrogen-bond acceptors (Lipinski definition) is 4. The number of rotatable bonds is 5. The monoisotopic (exact) mass is 1270 g/mol. The molecule has 0 spiro atoms. The topological polar surface area (TPSA) is 83.5 Å². The predicted molar refractivity (Wildman–Crippen MR) is 413 cm³/mol. The van der Waals surface area contributed by atoms with E-state index in [-0.39, 0.29) is 11.1 Å². The summed E-state index contributed by atoms with van der Waals surface area (Å²) in [6, 6.07) is 112. The van der Waals surface area contributed by atoms with Crippen LogP contribution in [0.4, 0.5) is 0 Å². The van der Waals surface area contributed by atoms with Gasteiger partial charge in [0.2, 0.25) is 0 Å². The zero-order valence-corrected chi connectivity index (χ0v) is 54.0. The minimum atomic E-state index is -0.0557. The van der Waals surface area contributed by atoms with Crippen molar-refractivity contribution in [2.24, 2.45) is 0 Å². The smallest absolute Gasteiger partial charge is 0.266 e. The molecular weight excluding hydrogens is 1210 g/mol. The summed E-state index contributed by atoms with van der Waals surface area (Å²) < 4.78 is 10.7. The average molecular weight is 1270 g/mol. The second-order valence-electron chi connectivity index (χ2n) is 25.1. The van der Waals surface area contributed by atoms with Gasteiger partial charge >= 0.3 is 0 Å². The maximum atomic E-state index is 14.0. The zero-order chi connectivity index (χ0) is 66.0. The largest absolute Gasteiger partial charge is 0.309 e. The third kappa shape index (κ3) is 8.74. The molecule has 0 amide bonds. The number of pyridine rings is 2. The van der Waals surface area contributed by atoms with Crippen molar-refractivity contribution >= 4 is 142 Å². The number of para-hydroxylation sites is 7. The van der Waals surface area contributed by atoms with Gasteiger partial charge in [-0.3, -0.25) is 18.4 Å². The van der Waals surface area contributed by atoms with Gasteiger partial charge in [-0.05, 0) is 148 Å². The summed E-state index contributed by atoms with van der Waals surface area (Å²) in [4.78, 5) is 38.0. The Hall–Kier alpha value is -13.2. The summed E-state index contributed by atoms with van der Waals surface area (Å²) in [5.74, 6) is 0. The third-order valence-corrected chi connectivity index (χ3v) is 19.9. The lowest BCUT2D eigenvalue weighted by atomic mass is 9.98. The lowest BCUT2D eigenvalue weighted by Gasteiger charge is -2.15. The highest BCUT2D eigenvalue weighted by Crippen LogP contribution is 2.44. The Bertz CT molecular complexity index is 7060. The Morgan fingerprint density at radius 3 is 1.19 bits per heavy atom. The van der Waals surface area contributed by atoms with Gasteiger partial charge in [0.25, 0.3) is 11.1 Å². The van der Waals surface area contributed by atoms with E-state index in [2.05, 4.69) is 262 Å². The molecule has 9 nitrogen and oxygen atoms in total. The van der Waals surface area contributed by atoms with Gasteiger partial charge in [-0.15, -0.1) is 0 Å². The van der Waals surface area contributed by atoms with E-state index in [0.717, 1.165) is 82.5 Å². The minimum Gasteiger partial charge on any atom is -0.309 e. The first kappa shape index (κ1) is 57.2. The molecule has 0 fully saturated rings. The molecule has 0 atom stereocenters. The highest BCUT2D eigenvalue weighted by Gasteiger charge is 2.24. The SMILES string of the molecule is CC.O=c1c2ccccc2nc2c3ccc(-n4c5ccccc5c5ccc6c7ccccc7n(-c7ccccc7)c6c54)cc3c3ccccc3n12.O=c1c2ccccc2nc2c3ccccc3c3cc(-n4c5ccccc5c5cc(-c6cccc(-c7ccccc7)c6)ccc54)ccc3n12. The summed E-state index contributed by atoms with van der Waals surface area (Å²) in [5.41, 5.74) is 19.2. The van der Waals surface area contributed by atoms with Gasteiger partial charge in [-0.2, -0.15) is 0 Å². The zero-order valence-electron chi connectivity index (χ0n) is 54.0. The van der Waals surface area contributed by atoms with Crippen molar-refractivity contribution in [3.8, 4) is 39.3 Å². The molecule has 0 unspecified atom stereocenters. The van der Waals surface area contributed by atoms with Gasteiger partial charge in [0.15, 0.2) is 0 Å². The van der Waals surface area contributed by atoms with Crippen molar-refractivity contribution in [3.63, 3.8) is 0 Å². The molecule has 99 heavy (non-hydrogen) atoms. The second-order valence-corrected chi connectivity index (χ2v) is 25.1.